The summed E-state index contributed by atoms with van der Waals surface area (Å²) in [4.78, 5) is 10.1. The highest BCUT2D eigenvalue weighted by molar-refractivity contribution is 9.10. The standard InChI is InChI=1S/C21H26BrN3/c22-18-11-9-17(10-12-18)20-7-4-8-21(23-20)25-15-13-24(14-16-25)19-5-2-1-3-6-19/h4,7-12,19H,1-3,5-6,13-16H2. The first-order valence-electron chi connectivity index (χ1n) is 9.51. The first-order chi connectivity index (χ1) is 12.3. The van der Waals surface area contributed by atoms with Crippen LogP contribution in [0, 0.1) is 0 Å². The Bertz CT molecular complexity index is 687. The molecular formula is C21H26BrN3. The van der Waals surface area contributed by atoms with Crippen LogP contribution in [-0.4, -0.2) is 42.1 Å². The molecule has 132 valence electrons. The summed E-state index contributed by atoms with van der Waals surface area (Å²) in [6.45, 7) is 4.53. The van der Waals surface area contributed by atoms with Crippen LogP contribution in [0.15, 0.2) is 46.9 Å². The van der Waals surface area contributed by atoms with Gasteiger partial charge in [0.2, 0.25) is 0 Å². The molecule has 2 aliphatic rings. The van der Waals surface area contributed by atoms with Crippen molar-refractivity contribution in [3.63, 3.8) is 0 Å². The average Bonchev–Trinajstić information content (AvgIpc) is 2.69. The average molecular weight is 400 g/mol. The second-order valence-electron chi connectivity index (χ2n) is 7.20. The van der Waals surface area contributed by atoms with E-state index in [1.807, 2.05) is 0 Å². The summed E-state index contributed by atoms with van der Waals surface area (Å²) in [6.07, 6.45) is 7.07. The van der Waals surface area contributed by atoms with E-state index in [1.54, 1.807) is 0 Å². The molecule has 0 unspecified atom stereocenters. The highest BCUT2D eigenvalue weighted by atomic mass is 79.9. The third kappa shape index (κ3) is 4.06. The molecule has 0 radical (unpaired) electrons. The molecular weight excluding hydrogens is 374 g/mol. The van der Waals surface area contributed by atoms with Crippen molar-refractivity contribution in [3.05, 3.63) is 46.9 Å². The van der Waals surface area contributed by atoms with E-state index in [-0.39, 0.29) is 0 Å². The predicted octanol–water partition coefficient (Wildman–Crippen LogP) is 4.97. The minimum Gasteiger partial charge on any atom is -0.354 e. The maximum absolute atomic E-state index is 4.93. The predicted molar refractivity (Wildman–Crippen MR) is 108 cm³/mol. The second-order valence-corrected chi connectivity index (χ2v) is 8.12. The van der Waals surface area contributed by atoms with E-state index in [9.17, 15) is 0 Å². The lowest BCUT2D eigenvalue weighted by Gasteiger charge is -2.41. The van der Waals surface area contributed by atoms with E-state index >= 15 is 0 Å². The largest absolute Gasteiger partial charge is 0.354 e. The zero-order chi connectivity index (χ0) is 17.1. The number of nitrogens with zero attached hydrogens (tertiary/aromatic N) is 3. The van der Waals surface area contributed by atoms with E-state index in [4.69, 9.17) is 4.98 Å². The molecule has 4 rings (SSSR count). The lowest BCUT2D eigenvalue weighted by Crippen LogP contribution is -2.51. The van der Waals surface area contributed by atoms with Crippen molar-refractivity contribution in [2.75, 3.05) is 31.1 Å². The molecule has 1 saturated heterocycles. The number of piperazine rings is 1. The Balaban J connectivity index is 1.42. The Hall–Kier alpha value is -1.39. The van der Waals surface area contributed by atoms with Gasteiger partial charge < -0.3 is 4.90 Å². The van der Waals surface area contributed by atoms with Crippen LogP contribution < -0.4 is 4.90 Å². The molecule has 2 heterocycles. The molecule has 0 spiro atoms. The molecule has 2 fully saturated rings. The number of halogens is 1. The normalized spacial score (nSPS) is 20.0. The van der Waals surface area contributed by atoms with Crippen LogP contribution in [0.5, 0.6) is 0 Å². The maximum atomic E-state index is 4.93. The van der Waals surface area contributed by atoms with Gasteiger partial charge in [0.25, 0.3) is 0 Å². The number of benzene rings is 1. The second kappa shape index (κ2) is 7.88. The van der Waals surface area contributed by atoms with Crippen LogP contribution in [0.1, 0.15) is 32.1 Å². The number of pyridine rings is 1. The van der Waals surface area contributed by atoms with Crippen molar-refractivity contribution in [2.45, 2.75) is 38.1 Å². The third-order valence-corrected chi connectivity index (χ3v) is 6.13. The summed E-state index contributed by atoms with van der Waals surface area (Å²) in [6, 6.07) is 15.6. The van der Waals surface area contributed by atoms with Gasteiger partial charge in [0.15, 0.2) is 0 Å². The Kier molecular flexibility index (Phi) is 5.37. The quantitative estimate of drug-likeness (QED) is 0.726. The van der Waals surface area contributed by atoms with Crippen molar-refractivity contribution in [2.24, 2.45) is 0 Å². The van der Waals surface area contributed by atoms with E-state index < -0.39 is 0 Å². The van der Waals surface area contributed by atoms with E-state index in [0.717, 1.165) is 35.1 Å². The van der Waals surface area contributed by atoms with Gasteiger partial charge in [-0.15, -0.1) is 0 Å². The van der Waals surface area contributed by atoms with Gasteiger partial charge in [-0.3, -0.25) is 4.90 Å². The van der Waals surface area contributed by atoms with Crippen LogP contribution >= 0.6 is 15.9 Å². The molecule has 4 heteroatoms. The minimum atomic E-state index is 0.831. The highest BCUT2D eigenvalue weighted by Gasteiger charge is 2.25. The summed E-state index contributed by atoms with van der Waals surface area (Å²) in [7, 11) is 0. The monoisotopic (exact) mass is 399 g/mol. The van der Waals surface area contributed by atoms with Crippen molar-refractivity contribution in [1.82, 2.24) is 9.88 Å². The van der Waals surface area contributed by atoms with Gasteiger partial charge in [0, 0.05) is 42.3 Å². The third-order valence-electron chi connectivity index (χ3n) is 5.60. The molecule has 0 atom stereocenters. The van der Waals surface area contributed by atoms with Crippen molar-refractivity contribution in [1.29, 1.82) is 0 Å². The fraction of sp³-hybridized carbons (Fsp3) is 0.476. The van der Waals surface area contributed by atoms with Crippen molar-refractivity contribution >= 4 is 21.7 Å². The lowest BCUT2D eigenvalue weighted by molar-refractivity contribution is 0.147. The molecule has 1 aliphatic heterocycles. The van der Waals surface area contributed by atoms with Crippen LogP contribution in [-0.2, 0) is 0 Å². The fourth-order valence-electron chi connectivity index (χ4n) is 4.14. The summed E-state index contributed by atoms with van der Waals surface area (Å²) in [5, 5.41) is 0. The van der Waals surface area contributed by atoms with Crippen molar-refractivity contribution in [3.8, 4) is 11.3 Å². The lowest BCUT2D eigenvalue weighted by atomic mass is 9.94. The summed E-state index contributed by atoms with van der Waals surface area (Å²) in [5.74, 6) is 1.11. The molecule has 1 aromatic carbocycles. The fourth-order valence-corrected chi connectivity index (χ4v) is 4.41. The zero-order valence-corrected chi connectivity index (χ0v) is 16.3. The Labute approximate surface area is 159 Å². The van der Waals surface area contributed by atoms with Gasteiger partial charge >= 0.3 is 0 Å². The molecule has 1 saturated carbocycles. The Morgan fingerprint density at radius 2 is 1.56 bits per heavy atom. The van der Waals surface area contributed by atoms with Crippen LogP contribution in [0.25, 0.3) is 11.3 Å². The summed E-state index contributed by atoms with van der Waals surface area (Å²) >= 11 is 3.50. The highest BCUT2D eigenvalue weighted by Crippen LogP contribution is 2.26. The van der Waals surface area contributed by atoms with E-state index in [0.29, 0.717) is 0 Å². The van der Waals surface area contributed by atoms with Gasteiger partial charge in [0.1, 0.15) is 5.82 Å². The number of rotatable bonds is 3. The van der Waals surface area contributed by atoms with Gasteiger partial charge in [-0.05, 0) is 37.1 Å². The number of hydrogen-bond acceptors (Lipinski definition) is 3. The smallest absolute Gasteiger partial charge is 0.129 e. The Morgan fingerprint density at radius 3 is 2.28 bits per heavy atom. The topological polar surface area (TPSA) is 19.4 Å². The first kappa shape index (κ1) is 17.0. The maximum Gasteiger partial charge on any atom is 0.129 e. The van der Waals surface area contributed by atoms with Crippen LogP contribution in [0.4, 0.5) is 5.82 Å². The minimum absolute atomic E-state index is 0.831. The molecule has 0 N–H and O–H groups in total. The van der Waals surface area contributed by atoms with Crippen LogP contribution in [0.3, 0.4) is 0 Å². The summed E-state index contributed by atoms with van der Waals surface area (Å²) in [5.41, 5.74) is 2.23. The molecule has 0 amide bonds. The zero-order valence-electron chi connectivity index (χ0n) is 14.7. The molecule has 1 aromatic heterocycles. The molecule has 25 heavy (non-hydrogen) atoms. The summed E-state index contributed by atoms with van der Waals surface area (Å²) < 4.78 is 1.10. The van der Waals surface area contributed by atoms with Gasteiger partial charge in [-0.25, -0.2) is 4.98 Å². The molecule has 0 bridgehead atoms. The van der Waals surface area contributed by atoms with E-state index in [1.165, 1.54) is 50.8 Å². The Morgan fingerprint density at radius 1 is 0.840 bits per heavy atom. The first-order valence-corrected chi connectivity index (χ1v) is 10.3. The molecule has 1 aliphatic carbocycles. The number of anilines is 1. The molecule has 3 nitrogen and oxygen atoms in total. The number of hydrogen-bond donors (Lipinski definition) is 0. The SMILES string of the molecule is Brc1ccc(-c2cccc(N3CCN(C4CCCCC4)CC3)n2)cc1. The molecule has 2 aromatic rings. The van der Waals surface area contributed by atoms with Gasteiger partial charge in [-0.2, -0.15) is 0 Å². The van der Waals surface area contributed by atoms with E-state index in [2.05, 4.69) is 68.2 Å². The van der Waals surface area contributed by atoms with Gasteiger partial charge in [-0.1, -0.05) is 53.4 Å². The van der Waals surface area contributed by atoms with Gasteiger partial charge in [0.05, 0.1) is 5.69 Å². The van der Waals surface area contributed by atoms with Crippen LogP contribution in [0.2, 0.25) is 0 Å². The number of aromatic nitrogens is 1. The van der Waals surface area contributed by atoms with Crippen molar-refractivity contribution < 1.29 is 0 Å².